The van der Waals surface area contributed by atoms with Gasteiger partial charge >= 0.3 is 0 Å². The zero-order valence-electron chi connectivity index (χ0n) is 13.9. The van der Waals surface area contributed by atoms with Gasteiger partial charge in [0.05, 0.1) is 13.2 Å². The first-order chi connectivity index (χ1) is 11.8. The topological polar surface area (TPSA) is 91.0 Å². The average Bonchev–Trinajstić information content (AvgIpc) is 3.29. The number of carbonyl (C=O) groups is 1. The number of likely N-dealkylation sites (tertiary alicyclic amines) is 1. The lowest BCUT2D eigenvalue weighted by Gasteiger charge is -2.32. The first-order valence-corrected chi connectivity index (χ1v) is 8.26. The summed E-state index contributed by atoms with van der Waals surface area (Å²) in [5.74, 6) is 1.47. The molecule has 0 saturated carbocycles. The van der Waals surface area contributed by atoms with Crippen LogP contribution in [0.15, 0.2) is 18.7 Å². The minimum atomic E-state index is 0.144. The second-order valence-electron chi connectivity index (χ2n) is 5.97. The lowest BCUT2D eigenvalue weighted by molar-refractivity contribution is -0.132. The van der Waals surface area contributed by atoms with E-state index in [-0.39, 0.29) is 11.8 Å². The predicted octanol–water partition coefficient (Wildman–Crippen LogP) is 0.312. The van der Waals surface area contributed by atoms with Crippen molar-refractivity contribution in [2.45, 2.75) is 38.3 Å². The van der Waals surface area contributed by atoms with E-state index < -0.39 is 0 Å². The van der Waals surface area contributed by atoms with Gasteiger partial charge in [0.25, 0.3) is 0 Å². The molecule has 1 aliphatic heterocycles. The van der Waals surface area contributed by atoms with Crippen molar-refractivity contribution in [2.24, 2.45) is 0 Å². The maximum Gasteiger partial charge on any atom is 0.224 e. The molecule has 0 aliphatic carbocycles. The molecule has 2 aromatic heterocycles. The molecule has 9 nitrogen and oxygen atoms in total. The van der Waals surface area contributed by atoms with Gasteiger partial charge in [-0.25, -0.2) is 9.67 Å². The van der Waals surface area contributed by atoms with E-state index in [9.17, 15) is 4.79 Å². The van der Waals surface area contributed by atoms with Crippen LogP contribution in [0.1, 0.15) is 31.0 Å². The van der Waals surface area contributed by atoms with Crippen molar-refractivity contribution in [3.63, 3.8) is 0 Å². The van der Waals surface area contributed by atoms with Crippen LogP contribution in [-0.2, 0) is 22.6 Å². The van der Waals surface area contributed by atoms with Gasteiger partial charge in [0.1, 0.15) is 12.2 Å². The Hall–Kier alpha value is -2.29. The summed E-state index contributed by atoms with van der Waals surface area (Å²) in [6, 6.07) is 0. The second-order valence-corrected chi connectivity index (χ2v) is 5.97. The minimum absolute atomic E-state index is 0.144. The second kappa shape index (κ2) is 8.00. The molecule has 0 bridgehead atoms. The number of aromatic nitrogens is 6. The molecular weight excluding hydrogens is 310 g/mol. The Balaban J connectivity index is 1.57. The maximum atomic E-state index is 12.5. The fourth-order valence-electron chi connectivity index (χ4n) is 3.12. The molecule has 0 spiro atoms. The van der Waals surface area contributed by atoms with E-state index in [2.05, 4.69) is 25.1 Å². The molecule has 3 rings (SSSR count). The number of methoxy groups -OCH3 is 1. The average molecular weight is 333 g/mol. The van der Waals surface area contributed by atoms with Gasteiger partial charge in [-0.2, -0.15) is 0 Å². The van der Waals surface area contributed by atoms with Crippen LogP contribution >= 0.6 is 0 Å². The highest BCUT2D eigenvalue weighted by Crippen LogP contribution is 2.26. The first kappa shape index (κ1) is 16.6. The first-order valence-electron chi connectivity index (χ1n) is 8.26. The quantitative estimate of drug-likeness (QED) is 0.724. The zero-order chi connectivity index (χ0) is 16.8. The van der Waals surface area contributed by atoms with E-state index >= 15 is 0 Å². The van der Waals surface area contributed by atoms with Gasteiger partial charge in [-0.1, -0.05) is 0 Å². The Kier molecular flexibility index (Phi) is 5.52. The summed E-state index contributed by atoms with van der Waals surface area (Å²) in [5, 5.41) is 10.9. The van der Waals surface area contributed by atoms with Crippen LogP contribution in [0.25, 0.3) is 0 Å². The van der Waals surface area contributed by atoms with Gasteiger partial charge in [0.15, 0.2) is 0 Å². The highest BCUT2D eigenvalue weighted by Gasteiger charge is 2.27. The SMILES string of the molecule is COCCn1ccnc1[C@@H]1CCCN(C(=O)CCn2cnnn2)C1. The van der Waals surface area contributed by atoms with Gasteiger partial charge < -0.3 is 14.2 Å². The maximum absolute atomic E-state index is 12.5. The number of ether oxygens (including phenoxy) is 1. The number of carbonyl (C=O) groups excluding carboxylic acids is 1. The highest BCUT2D eigenvalue weighted by atomic mass is 16.5. The Morgan fingerprint density at radius 3 is 3.12 bits per heavy atom. The number of imidazole rings is 1. The normalized spacial score (nSPS) is 18.0. The van der Waals surface area contributed by atoms with Crippen LogP contribution in [0.2, 0.25) is 0 Å². The van der Waals surface area contributed by atoms with Crippen LogP contribution in [0.4, 0.5) is 0 Å². The molecule has 2 aromatic rings. The largest absolute Gasteiger partial charge is 0.383 e. The monoisotopic (exact) mass is 333 g/mol. The molecule has 1 atom stereocenters. The van der Waals surface area contributed by atoms with Crippen molar-refractivity contribution in [1.82, 2.24) is 34.7 Å². The number of nitrogens with zero attached hydrogens (tertiary/aromatic N) is 7. The van der Waals surface area contributed by atoms with Gasteiger partial charge in [0, 0.05) is 51.5 Å². The molecule has 0 unspecified atom stereocenters. The molecule has 130 valence electrons. The Labute approximate surface area is 140 Å². The number of tetrazole rings is 1. The van der Waals surface area contributed by atoms with Crippen molar-refractivity contribution in [2.75, 3.05) is 26.8 Å². The fraction of sp³-hybridized carbons (Fsp3) is 0.667. The molecule has 0 N–H and O–H groups in total. The molecule has 1 aliphatic rings. The lowest BCUT2D eigenvalue weighted by Crippen LogP contribution is -2.40. The Morgan fingerprint density at radius 2 is 2.33 bits per heavy atom. The summed E-state index contributed by atoms with van der Waals surface area (Å²) < 4.78 is 8.86. The summed E-state index contributed by atoms with van der Waals surface area (Å²) in [6.07, 6.45) is 7.80. The predicted molar refractivity (Wildman–Crippen MR) is 85.1 cm³/mol. The number of amides is 1. The number of piperidine rings is 1. The van der Waals surface area contributed by atoms with Crippen LogP contribution in [-0.4, -0.2) is 67.4 Å². The van der Waals surface area contributed by atoms with E-state index in [1.807, 2.05) is 17.3 Å². The molecule has 1 amide bonds. The van der Waals surface area contributed by atoms with Crippen LogP contribution in [0, 0.1) is 0 Å². The molecular formula is C15H23N7O2. The van der Waals surface area contributed by atoms with Gasteiger partial charge in [-0.15, -0.1) is 5.10 Å². The molecule has 0 radical (unpaired) electrons. The smallest absolute Gasteiger partial charge is 0.224 e. The van der Waals surface area contributed by atoms with Crippen molar-refractivity contribution in [3.05, 3.63) is 24.5 Å². The van der Waals surface area contributed by atoms with E-state index in [0.29, 0.717) is 19.6 Å². The molecule has 1 saturated heterocycles. The summed E-state index contributed by atoms with van der Waals surface area (Å²) in [7, 11) is 1.70. The van der Waals surface area contributed by atoms with Gasteiger partial charge in [-0.05, 0) is 23.3 Å². The third-order valence-electron chi connectivity index (χ3n) is 4.37. The molecule has 24 heavy (non-hydrogen) atoms. The fourth-order valence-corrected chi connectivity index (χ4v) is 3.12. The van der Waals surface area contributed by atoms with E-state index in [0.717, 1.165) is 38.3 Å². The Bertz CT molecular complexity index is 640. The van der Waals surface area contributed by atoms with Crippen LogP contribution < -0.4 is 0 Å². The summed E-state index contributed by atoms with van der Waals surface area (Å²) in [6.45, 7) is 3.48. The number of hydrogen-bond acceptors (Lipinski definition) is 6. The van der Waals surface area contributed by atoms with Crippen molar-refractivity contribution >= 4 is 5.91 Å². The van der Waals surface area contributed by atoms with Crippen molar-refractivity contribution in [1.29, 1.82) is 0 Å². The highest BCUT2D eigenvalue weighted by molar-refractivity contribution is 5.76. The summed E-state index contributed by atoms with van der Waals surface area (Å²) in [4.78, 5) is 18.9. The third-order valence-corrected chi connectivity index (χ3v) is 4.37. The third kappa shape index (κ3) is 3.97. The Morgan fingerprint density at radius 1 is 1.42 bits per heavy atom. The van der Waals surface area contributed by atoms with E-state index in [4.69, 9.17) is 4.74 Å². The van der Waals surface area contributed by atoms with Gasteiger partial charge in [0.2, 0.25) is 5.91 Å². The minimum Gasteiger partial charge on any atom is -0.383 e. The van der Waals surface area contributed by atoms with Gasteiger partial charge in [-0.3, -0.25) is 4.79 Å². The van der Waals surface area contributed by atoms with E-state index in [1.165, 1.54) is 6.33 Å². The zero-order valence-corrected chi connectivity index (χ0v) is 13.9. The van der Waals surface area contributed by atoms with Crippen molar-refractivity contribution < 1.29 is 9.53 Å². The summed E-state index contributed by atoms with van der Waals surface area (Å²) in [5.41, 5.74) is 0. The lowest BCUT2D eigenvalue weighted by atomic mass is 9.97. The number of rotatable bonds is 7. The summed E-state index contributed by atoms with van der Waals surface area (Å²) >= 11 is 0. The molecule has 1 fully saturated rings. The number of hydrogen-bond donors (Lipinski definition) is 0. The standard InChI is InChI=1S/C15H23N7O2/c1-24-10-9-20-8-5-16-15(20)13-3-2-6-21(11-13)14(23)4-7-22-12-17-18-19-22/h5,8,12-13H,2-4,6-7,9-11H2,1H3/t13-/m1/s1. The molecule has 9 heteroatoms. The number of aryl methyl sites for hydroxylation is 1. The van der Waals surface area contributed by atoms with Crippen LogP contribution in [0.5, 0.6) is 0 Å². The molecule has 0 aromatic carbocycles. The van der Waals surface area contributed by atoms with Crippen molar-refractivity contribution in [3.8, 4) is 0 Å². The van der Waals surface area contributed by atoms with E-state index in [1.54, 1.807) is 11.8 Å². The van der Waals surface area contributed by atoms with Crippen LogP contribution in [0.3, 0.4) is 0 Å². The molecule has 3 heterocycles.